The number of hydrogen-bond acceptors (Lipinski definition) is 3. The molecule has 3 nitrogen and oxygen atoms in total. The van der Waals surface area contributed by atoms with E-state index in [4.69, 9.17) is 0 Å². The summed E-state index contributed by atoms with van der Waals surface area (Å²) in [5.74, 6) is -1.51. The van der Waals surface area contributed by atoms with Gasteiger partial charge in [0.1, 0.15) is 5.82 Å². The third kappa shape index (κ3) is 4.18. The van der Waals surface area contributed by atoms with E-state index in [1.54, 1.807) is 6.07 Å². The van der Waals surface area contributed by atoms with Gasteiger partial charge in [-0.05, 0) is 12.5 Å². The summed E-state index contributed by atoms with van der Waals surface area (Å²) in [6.45, 7) is 3.95. The van der Waals surface area contributed by atoms with Gasteiger partial charge >= 0.3 is 0 Å². The minimum absolute atomic E-state index is 0.0219. The van der Waals surface area contributed by atoms with Crippen LogP contribution in [-0.4, -0.2) is 15.8 Å². The maximum absolute atomic E-state index is 14.2. The molecule has 0 amide bonds. The lowest BCUT2D eigenvalue weighted by atomic mass is 9.91. The fourth-order valence-corrected chi connectivity index (χ4v) is 2.50. The highest BCUT2D eigenvalue weighted by Gasteiger charge is 2.22. The number of Topliss-reactive ketones (excluding diaryl/α,β-unsaturated/α-hetero) is 1. The third-order valence-electron chi connectivity index (χ3n) is 3.81. The molecule has 2 rings (SSSR count). The summed E-state index contributed by atoms with van der Waals surface area (Å²) in [4.78, 5) is 20.3. The molecule has 0 saturated carbocycles. The largest absolute Gasteiger partial charge is 0.294 e. The number of aromatic nitrogens is 2. The summed E-state index contributed by atoms with van der Waals surface area (Å²) in [7, 11) is 0. The third-order valence-corrected chi connectivity index (χ3v) is 3.81. The Balaban J connectivity index is 2.34. The van der Waals surface area contributed by atoms with Gasteiger partial charge in [-0.2, -0.15) is 0 Å². The number of carbonyl (C=O) groups is 1. The van der Waals surface area contributed by atoms with Gasteiger partial charge in [0.15, 0.2) is 17.4 Å². The Hall–Kier alpha value is -2.17. The molecular formula is C18H20F2N2O. The van der Waals surface area contributed by atoms with Crippen LogP contribution in [0.2, 0.25) is 0 Å². The van der Waals surface area contributed by atoms with Gasteiger partial charge in [0, 0.05) is 11.5 Å². The zero-order valence-corrected chi connectivity index (χ0v) is 13.4. The van der Waals surface area contributed by atoms with Crippen molar-refractivity contribution in [2.45, 2.75) is 39.5 Å². The number of halogens is 2. The molecule has 0 bridgehead atoms. The molecule has 1 heterocycles. The number of rotatable bonds is 7. The molecule has 122 valence electrons. The van der Waals surface area contributed by atoms with Crippen LogP contribution in [0, 0.1) is 17.6 Å². The fourth-order valence-electron chi connectivity index (χ4n) is 2.50. The van der Waals surface area contributed by atoms with Gasteiger partial charge < -0.3 is 0 Å². The lowest BCUT2D eigenvalue weighted by Crippen LogP contribution is -2.14. The first-order chi connectivity index (χ1) is 11.0. The lowest BCUT2D eigenvalue weighted by Gasteiger charge is -2.13. The van der Waals surface area contributed by atoms with E-state index in [0.29, 0.717) is 0 Å². The molecule has 1 unspecified atom stereocenters. The predicted octanol–water partition coefficient (Wildman–Crippen LogP) is 4.82. The number of unbranched alkanes of at least 4 members (excludes halogenated alkanes) is 2. The molecule has 0 aliphatic carbocycles. The molecule has 0 radical (unpaired) electrons. The minimum Gasteiger partial charge on any atom is -0.294 e. The van der Waals surface area contributed by atoms with Crippen molar-refractivity contribution in [1.82, 2.24) is 9.97 Å². The van der Waals surface area contributed by atoms with Crippen LogP contribution in [0.3, 0.4) is 0 Å². The highest BCUT2D eigenvalue weighted by molar-refractivity contribution is 6.03. The van der Waals surface area contributed by atoms with Gasteiger partial charge in [-0.1, -0.05) is 45.2 Å². The number of carbonyl (C=O) groups excluding carboxylic acids is 1. The lowest BCUT2D eigenvalue weighted by molar-refractivity contribution is 0.0922. The molecule has 0 N–H and O–H groups in total. The second-order valence-corrected chi connectivity index (χ2v) is 5.65. The first-order valence-electron chi connectivity index (χ1n) is 7.85. The van der Waals surface area contributed by atoms with Crippen molar-refractivity contribution in [3.63, 3.8) is 0 Å². The van der Waals surface area contributed by atoms with Crippen molar-refractivity contribution in [3.05, 3.63) is 47.8 Å². The highest BCUT2D eigenvalue weighted by atomic mass is 19.1. The first-order valence-corrected chi connectivity index (χ1v) is 7.85. The molecule has 0 saturated heterocycles. The van der Waals surface area contributed by atoms with E-state index in [-0.39, 0.29) is 28.7 Å². The van der Waals surface area contributed by atoms with Gasteiger partial charge in [-0.15, -0.1) is 0 Å². The number of hydrogen-bond donors (Lipinski definition) is 0. The predicted molar refractivity (Wildman–Crippen MR) is 85.0 cm³/mol. The first kappa shape index (κ1) is 17.2. The number of ketones is 1. The zero-order chi connectivity index (χ0) is 16.8. The zero-order valence-electron chi connectivity index (χ0n) is 13.4. The Labute approximate surface area is 134 Å². The topological polar surface area (TPSA) is 42.9 Å². The molecular weight excluding hydrogens is 298 g/mol. The SMILES string of the molecule is CCCCCC(C)C(=O)c1cccc(F)c1-c1ncc(F)cn1. The maximum Gasteiger partial charge on any atom is 0.166 e. The van der Waals surface area contributed by atoms with E-state index in [1.807, 2.05) is 6.92 Å². The molecule has 1 atom stereocenters. The van der Waals surface area contributed by atoms with Crippen LogP contribution >= 0.6 is 0 Å². The average molecular weight is 318 g/mol. The summed E-state index contributed by atoms with van der Waals surface area (Å²) in [6, 6.07) is 4.32. The van der Waals surface area contributed by atoms with Crippen molar-refractivity contribution in [2.75, 3.05) is 0 Å². The molecule has 0 fully saturated rings. The van der Waals surface area contributed by atoms with Crippen LogP contribution in [0.15, 0.2) is 30.6 Å². The molecule has 1 aromatic carbocycles. The van der Waals surface area contributed by atoms with E-state index in [0.717, 1.165) is 38.1 Å². The van der Waals surface area contributed by atoms with Crippen LogP contribution < -0.4 is 0 Å². The maximum atomic E-state index is 14.2. The summed E-state index contributed by atoms with van der Waals surface area (Å²) in [5, 5.41) is 0. The summed E-state index contributed by atoms with van der Waals surface area (Å²) >= 11 is 0. The molecule has 0 spiro atoms. The summed E-state index contributed by atoms with van der Waals surface area (Å²) in [6.07, 6.45) is 5.79. The summed E-state index contributed by atoms with van der Waals surface area (Å²) in [5.41, 5.74) is 0.292. The molecule has 0 aliphatic heterocycles. The van der Waals surface area contributed by atoms with Crippen molar-refractivity contribution >= 4 is 5.78 Å². The van der Waals surface area contributed by atoms with E-state index >= 15 is 0 Å². The Morgan fingerprint density at radius 3 is 2.52 bits per heavy atom. The molecule has 1 aromatic heterocycles. The highest BCUT2D eigenvalue weighted by Crippen LogP contribution is 2.27. The van der Waals surface area contributed by atoms with Gasteiger partial charge in [-0.3, -0.25) is 4.79 Å². The Kier molecular flexibility index (Phi) is 5.90. The normalized spacial score (nSPS) is 12.2. The van der Waals surface area contributed by atoms with Gasteiger partial charge in [0.2, 0.25) is 0 Å². The Morgan fingerprint density at radius 2 is 1.87 bits per heavy atom. The Morgan fingerprint density at radius 1 is 1.17 bits per heavy atom. The van der Waals surface area contributed by atoms with Crippen LogP contribution in [0.1, 0.15) is 49.9 Å². The van der Waals surface area contributed by atoms with E-state index < -0.39 is 11.6 Å². The van der Waals surface area contributed by atoms with Crippen molar-refractivity contribution in [3.8, 4) is 11.4 Å². The number of benzene rings is 1. The van der Waals surface area contributed by atoms with E-state index in [1.165, 1.54) is 12.1 Å². The molecule has 23 heavy (non-hydrogen) atoms. The van der Waals surface area contributed by atoms with Gasteiger partial charge in [0.05, 0.1) is 18.0 Å². The van der Waals surface area contributed by atoms with Crippen LogP contribution in [0.5, 0.6) is 0 Å². The summed E-state index contributed by atoms with van der Waals surface area (Å²) < 4.78 is 27.2. The van der Waals surface area contributed by atoms with Crippen LogP contribution in [0.4, 0.5) is 8.78 Å². The van der Waals surface area contributed by atoms with Gasteiger partial charge in [-0.25, -0.2) is 18.7 Å². The van der Waals surface area contributed by atoms with E-state index in [2.05, 4.69) is 16.9 Å². The smallest absolute Gasteiger partial charge is 0.166 e. The Bertz CT molecular complexity index is 671. The van der Waals surface area contributed by atoms with Crippen LogP contribution in [0.25, 0.3) is 11.4 Å². The molecule has 2 aromatic rings. The van der Waals surface area contributed by atoms with Crippen LogP contribution in [-0.2, 0) is 0 Å². The molecule has 0 aliphatic rings. The van der Waals surface area contributed by atoms with Crippen molar-refractivity contribution in [2.24, 2.45) is 5.92 Å². The number of nitrogens with zero attached hydrogens (tertiary/aromatic N) is 2. The standard InChI is InChI=1S/C18H20F2N2O/c1-3-4-5-7-12(2)17(23)14-8-6-9-15(20)16(14)18-21-10-13(19)11-22-18/h6,8-12H,3-5,7H2,1-2H3. The monoisotopic (exact) mass is 318 g/mol. The van der Waals surface area contributed by atoms with E-state index in [9.17, 15) is 13.6 Å². The second-order valence-electron chi connectivity index (χ2n) is 5.65. The minimum atomic E-state index is -0.606. The second kappa shape index (κ2) is 7.90. The van der Waals surface area contributed by atoms with Crippen molar-refractivity contribution in [1.29, 1.82) is 0 Å². The quantitative estimate of drug-likeness (QED) is 0.543. The molecule has 5 heteroatoms. The van der Waals surface area contributed by atoms with Crippen molar-refractivity contribution < 1.29 is 13.6 Å². The average Bonchev–Trinajstić information content (AvgIpc) is 2.55. The van der Waals surface area contributed by atoms with Gasteiger partial charge in [0.25, 0.3) is 0 Å². The fraction of sp³-hybridized carbons (Fsp3) is 0.389.